The number of methoxy groups -OCH3 is 1. The van der Waals surface area contributed by atoms with E-state index in [9.17, 15) is 0 Å². The minimum Gasteiger partial charge on any atom is -0.497 e. The zero-order valence-corrected chi connectivity index (χ0v) is 13.2. The molecule has 0 aliphatic rings. The van der Waals surface area contributed by atoms with Crippen molar-refractivity contribution in [1.29, 1.82) is 5.26 Å². The van der Waals surface area contributed by atoms with E-state index in [1.807, 2.05) is 48.5 Å². The molecule has 0 saturated heterocycles. The van der Waals surface area contributed by atoms with Gasteiger partial charge < -0.3 is 14.8 Å². The summed E-state index contributed by atoms with van der Waals surface area (Å²) in [5.41, 5.74) is 2.03. The Hall–Kier alpha value is -2.19. The molecule has 0 heterocycles. The third kappa shape index (κ3) is 4.40. The zero-order valence-electron chi connectivity index (χ0n) is 11.6. The van der Waals surface area contributed by atoms with Gasteiger partial charge in [0.1, 0.15) is 17.6 Å². The highest BCUT2D eigenvalue weighted by atomic mass is 79.9. The van der Waals surface area contributed by atoms with Crippen molar-refractivity contribution in [2.75, 3.05) is 19.0 Å². The highest BCUT2D eigenvalue weighted by Crippen LogP contribution is 2.27. The fraction of sp³-hybridized carbons (Fsp3) is 0.188. The van der Waals surface area contributed by atoms with E-state index in [2.05, 4.69) is 21.2 Å². The van der Waals surface area contributed by atoms with E-state index in [0.717, 1.165) is 21.5 Å². The summed E-state index contributed by atoms with van der Waals surface area (Å²) in [5.74, 6) is 1.49. The summed E-state index contributed by atoms with van der Waals surface area (Å²) in [4.78, 5) is 0. The Morgan fingerprint density at radius 1 is 1.19 bits per heavy atom. The minimum absolute atomic E-state index is 0.0539. The Labute approximate surface area is 132 Å². The van der Waals surface area contributed by atoms with E-state index in [4.69, 9.17) is 14.7 Å². The number of hydrogen-bond donors (Lipinski definition) is 1. The molecule has 0 aliphatic heterocycles. The van der Waals surface area contributed by atoms with Crippen LogP contribution in [0, 0.1) is 11.3 Å². The van der Waals surface area contributed by atoms with Gasteiger partial charge in [0.05, 0.1) is 12.8 Å². The lowest BCUT2D eigenvalue weighted by Crippen LogP contribution is -2.01. The molecule has 2 rings (SSSR count). The van der Waals surface area contributed by atoms with Crippen LogP contribution < -0.4 is 14.8 Å². The van der Waals surface area contributed by atoms with Crippen molar-refractivity contribution in [3.8, 4) is 17.6 Å². The van der Waals surface area contributed by atoms with Crippen molar-refractivity contribution in [2.45, 2.75) is 6.54 Å². The highest BCUT2D eigenvalue weighted by Gasteiger charge is 2.03. The fourth-order valence-electron chi connectivity index (χ4n) is 1.82. The van der Waals surface area contributed by atoms with Crippen LogP contribution in [0.25, 0.3) is 0 Å². The Balaban J connectivity index is 2.04. The topological polar surface area (TPSA) is 54.3 Å². The molecule has 2 aromatic rings. The van der Waals surface area contributed by atoms with Gasteiger partial charge in [-0.05, 0) is 45.8 Å². The molecule has 0 spiro atoms. The van der Waals surface area contributed by atoms with E-state index >= 15 is 0 Å². The van der Waals surface area contributed by atoms with Crippen LogP contribution in [0.3, 0.4) is 0 Å². The van der Waals surface area contributed by atoms with Crippen LogP contribution in [0.4, 0.5) is 5.69 Å². The molecule has 21 heavy (non-hydrogen) atoms. The number of nitrogens with one attached hydrogen (secondary N) is 1. The van der Waals surface area contributed by atoms with E-state index in [0.29, 0.717) is 12.3 Å². The van der Waals surface area contributed by atoms with Crippen LogP contribution in [0.2, 0.25) is 0 Å². The molecule has 0 fully saturated rings. The first-order valence-electron chi connectivity index (χ1n) is 6.39. The quantitative estimate of drug-likeness (QED) is 0.859. The summed E-state index contributed by atoms with van der Waals surface area (Å²) in [6.45, 7) is 0.702. The van der Waals surface area contributed by atoms with Gasteiger partial charge in [-0.25, -0.2) is 0 Å². The van der Waals surface area contributed by atoms with Gasteiger partial charge in [-0.3, -0.25) is 0 Å². The molecule has 5 heteroatoms. The van der Waals surface area contributed by atoms with Crippen LogP contribution in [-0.2, 0) is 6.54 Å². The van der Waals surface area contributed by atoms with Gasteiger partial charge >= 0.3 is 0 Å². The maximum Gasteiger partial charge on any atom is 0.174 e. The van der Waals surface area contributed by atoms with Gasteiger partial charge in [0.15, 0.2) is 6.61 Å². The summed E-state index contributed by atoms with van der Waals surface area (Å²) >= 11 is 3.50. The number of anilines is 1. The molecule has 1 N–H and O–H groups in total. The van der Waals surface area contributed by atoms with Crippen molar-refractivity contribution in [3.63, 3.8) is 0 Å². The van der Waals surface area contributed by atoms with Crippen molar-refractivity contribution in [3.05, 3.63) is 52.5 Å². The molecule has 0 amide bonds. The van der Waals surface area contributed by atoms with Gasteiger partial charge in [-0.1, -0.05) is 12.1 Å². The second-order valence-electron chi connectivity index (χ2n) is 4.29. The fourth-order valence-corrected chi connectivity index (χ4v) is 2.21. The molecule has 0 saturated carbocycles. The van der Waals surface area contributed by atoms with Crippen LogP contribution >= 0.6 is 15.9 Å². The van der Waals surface area contributed by atoms with E-state index in [-0.39, 0.29) is 6.61 Å². The lowest BCUT2D eigenvalue weighted by molar-refractivity contribution is 0.368. The predicted octanol–water partition coefficient (Wildman–Crippen LogP) is 3.97. The molecule has 0 bridgehead atoms. The van der Waals surface area contributed by atoms with E-state index < -0.39 is 0 Å². The molecule has 4 nitrogen and oxygen atoms in total. The van der Waals surface area contributed by atoms with Gasteiger partial charge in [0, 0.05) is 17.1 Å². The molecule has 0 aliphatic carbocycles. The van der Waals surface area contributed by atoms with Crippen LogP contribution in [0.5, 0.6) is 11.5 Å². The first kappa shape index (κ1) is 15.2. The first-order chi connectivity index (χ1) is 10.2. The van der Waals surface area contributed by atoms with Crippen molar-refractivity contribution in [1.82, 2.24) is 0 Å². The number of halogens is 1. The third-order valence-electron chi connectivity index (χ3n) is 2.86. The predicted molar refractivity (Wildman–Crippen MR) is 85.6 cm³/mol. The summed E-state index contributed by atoms with van der Waals surface area (Å²) in [6, 6.07) is 15.4. The largest absolute Gasteiger partial charge is 0.497 e. The van der Waals surface area contributed by atoms with E-state index in [1.165, 1.54) is 0 Å². The van der Waals surface area contributed by atoms with Crippen molar-refractivity contribution in [2.24, 2.45) is 0 Å². The number of nitrogens with zero attached hydrogens (tertiary/aromatic N) is 1. The number of hydrogen-bond acceptors (Lipinski definition) is 4. The first-order valence-corrected chi connectivity index (χ1v) is 7.18. The minimum atomic E-state index is 0.0539. The summed E-state index contributed by atoms with van der Waals surface area (Å²) in [6.07, 6.45) is 0. The molecule has 0 atom stereocenters. The molecule has 0 aromatic heterocycles. The molecule has 0 radical (unpaired) electrons. The Bertz CT molecular complexity index is 653. The third-order valence-corrected chi connectivity index (χ3v) is 3.55. The van der Waals surface area contributed by atoms with E-state index in [1.54, 1.807) is 7.11 Å². The van der Waals surface area contributed by atoms with Crippen LogP contribution in [0.15, 0.2) is 46.9 Å². The molecular weight excluding hydrogens is 332 g/mol. The Kier molecular flexibility index (Phi) is 5.47. The van der Waals surface area contributed by atoms with Crippen molar-refractivity contribution >= 4 is 21.6 Å². The highest BCUT2D eigenvalue weighted by molar-refractivity contribution is 9.10. The van der Waals surface area contributed by atoms with Crippen LogP contribution in [0.1, 0.15) is 5.56 Å². The SMILES string of the molecule is COc1ccc(Br)c(NCc2cccc(OCC#N)c2)c1. The normalized spacial score (nSPS) is 9.76. The van der Waals surface area contributed by atoms with Gasteiger partial charge in [0.2, 0.25) is 0 Å². The lowest BCUT2D eigenvalue weighted by atomic mass is 10.2. The average Bonchev–Trinajstić information content (AvgIpc) is 2.52. The van der Waals surface area contributed by atoms with Crippen LogP contribution in [-0.4, -0.2) is 13.7 Å². The average molecular weight is 347 g/mol. The van der Waals surface area contributed by atoms with Gasteiger partial charge in [-0.2, -0.15) is 5.26 Å². The smallest absolute Gasteiger partial charge is 0.174 e. The zero-order chi connectivity index (χ0) is 15.1. The van der Waals surface area contributed by atoms with Crippen molar-refractivity contribution < 1.29 is 9.47 Å². The molecule has 2 aromatic carbocycles. The molecular formula is C16H15BrN2O2. The summed E-state index contributed by atoms with van der Waals surface area (Å²) < 4.78 is 11.5. The lowest BCUT2D eigenvalue weighted by Gasteiger charge is -2.11. The second-order valence-corrected chi connectivity index (χ2v) is 5.15. The number of rotatable bonds is 6. The molecule has 0 unspecified atom stereocenters. The molecule has 108 valence electrons. The number of nitriles is 1. The maximum absolute atomic E-state index is 8.52. The van der Waals surface area contributed by atoms with Gasteiger partial charge in [0.25, 0.3) is 0 Å². The Morgan fingerprint density at radius 3 is 2.81 bits per heavy atom. The number of ether oxygens (including phenoxy) is 2. The summed E-state index contributed by atoms with van der Waals surface area (Å²) in [5, 5.41) is 11.9. The standard InChI is InChI=1S/C16H15BrN2O2/c1-20-13-5-6-15(17)16(10-13)19-11-12-3-2-4-14(9-12)21-8-7-18/h2-6,9-10,19H,8,11H2,1H3. The van der Waals surface area contributed by atoms with Gasteiger partial charge in [-0.15, -0.1) is 0 Å². The summed E-state index contributed by atoms with van der Waals surface area (Å²) in [7, 11) is 1.64. The number of benzene rings is 2. The maximum atomic E-state index is 8.52. The monoisotopic (exact) mass is 346 g/mol. The second kappa shape index (κ2) is 7.55. The Morgan fingerprint density at radius 2 is 2.05 bits per heavy atom.